The van der Waals surface area contributed by atoms with Crippen LogP contribution in [0.15, 0.2) is 17.0 Å². The van der Waals surface area contributed by atoms with E-state index in [1.165, 1.54) is 12.1 Å². The summed E-state index contributed by atoms with van der Waals surface area (Å²) < 4.78 is 28.0. The Labute approximate surface area is 133 Å². The first-order chi connectivity index (χ1) is 9.68. The molecule has 0 fully saturated rings. The molecule has 0 heterocycles. The van der Waals surface area contributed by atoms with Crippen LogP contribution in [-0.2, 0) is 14.8 Å². The third kappa shape index (κ3) is 4.74. The van der Waals surface area contributed by atoms with Gasteiger partial charge in [0, 0.05) is 6.54 Å². The highest BCUT2D eigenvalue weighted by Crippen LogP contribution is 2.36. The molecule has 0 saturated carbocycles. The number of nitrogens with two attached hydrogens (primary N) is 1. The lowest BCUT2D eigenvalue weighted by Gasteiger charge is -2.16. The van der Waals surface area contributed by atoms with Crippen molar-refractivity contribution in [2.75, 3.05) is 6.54 Å². The molecule has 0 aromatic heterocycles. The van der Waals surface area contributed by atoms with Crippen molar-refractivity contribution in [2.24, 2.45) is 5.14 Å². The molecule has 0 saturated heterocycles. The molecular weight excluding hydrogens is 339 g/mol. The zero-order valence-corrected chi connectivity index (χ0v) is 13.8. The van der Waals surface area contributed by atoms with E-state index in [1.807, 2.05) is 6.92 Å². The maximum atomic E-state index is 11.7. The Morgan fingerprint density at radius 2 is 2.00 bits per heavy atom. The molecule has 118 valence electrons. The van der Waals surface area contributed by atoms with Crippen LogP contribution in [0.5, 0.6) is 5.75 Å². The summed E-state index contributed by atoms with van der Waals surface area (Å²) in [6, 6.07) is 2.48. The van der Waals surface area contributed by atoms with Gasteiger partial charge in [-0.1, -0.05) is 30.1 Å². The summed E-state index contributed by atoms with van der Waals surface area (Å²) in [5, 5.41) is 7.32. The predicted octanol–water partition coefficient (Wildman–Crippen LogP) is 1.93. The Morgan fingerprint density at radius 3 is 2.52 bits per heavy atom. The summed E-state index contributed by atoms with van der Waals surface area (Å²) in [6.45, 7) is 4.00. The van der Waals surface area contributed by atoms with Crippen LogP contribution in [0, 0.1) is 0 Å². The van der Waals surface area contributed by atoms with Gasteiger partial charge in [0.2, 0.25) is 10.0 Å². The first-order valence-corrected chi connectivity index (χ1v) is 8.43. The quantitative estimate of drug-likeness (QED) is 0.815. The van der Waals surface area contributed by atoms with E-state index in [0.29, 0.717) is 6.54 Å². The van der Waals surface area contributed by atoms with E-state index in [0.717, 1.165) is 6.42 Å². The van der Waals surface area contributed by atoms with Gasteiger partial charge in [-0.15, -0.1) is 0 Å². The number of carbonyl (C=O) groups is 1. The number of amides is 1. The second-order valence-electron chi connectivity index (χ2n) is 4.29. The molecule has 0 aliphatic heterocycles. The van der Waals surface area contributed by atoms with Crippen LogP contribution >= 0.6 is 23.2 Å². The SMILES string of the molecule is CCCNC(=O)C(C)Oc1ccc(S(N)(=O)=O)c(Cl)c1Cl. The lowest BCUT2D eigenvalue weighted by atomic mass is 10.3. The van der Waals surface area contributed by atoms with Crippen LogP contribution in [0.3, 0.4) is 0 Å². The van der Waals surface area contributed by atoms with Gasteiger partial charge in [0.1, 0.15) is 15.7 Å². The Morgan fingerprint density at radius 1 is 1.38 bits per heavy atom. The van der Waals surface area contributed by atoms with Crippen LogP contribution in [0.4, 0.5) is 0 Å². The third-order valence-corrected chi connectivity index (χ3v) is 4.47. The van der Waals surface area contributed by atoms with E-state index in [2.05, 4.69) is 5.32 Å². The molecule has 1 unspecified atom stereocenters. The van der Waals surface area contributed by atoms with E-state index in [1.54, 1.807) is 6.92 Å². The van der Waals surface area contributed by atoms with Gasteiger partial charge in [-0.2, -0.15) is 0 Å². The average Bonchev–Trinajstić information content (AvgIpc) is 2.39. The zero-order valence-electron chi connectivity index (χ0n) is 11.5. The van der Waals surface area contributed by atoms with Crippen molar-refractivity contribution in [1.82, 2.24) is 5.32 Å². The second-order valence-corrected chi connectivity index (χ2v) is 6.57. The minimum absolute atomic E-state index is 0.105. The number of ether oxygens (including phenoxy) is 1. The van der Waals surface area contributed by atoms with Crippen molar-refractivity contribution in [3.63, 3.8) is 0 Å². The lowest BCUT2D eigenvalue weighted by Crippen LogP contribution is -2.36. The van der Waals surface area contributed by atoms with Crippen molar-refractivity contribution in [1.29, 1.82) is 0 Å². The third-order valence-electron chi connectivity index (χ3n) is 2.54. The molecule has 9 heteroatoms. The molecule has 1 rings (SSSR count). The van der Waals surface area contributed by atoms with E-state index in [4.69, 9.17) is 33.1 Å². The van der Waals surface area contributed by atoms with E-state index in [9.17, 15) is 13.2 Å². The van der Waals surface area contributed by atoms with E-state index >= 15 is 0 Å². The molecule has 21 heavy (non-hydrogen) atoms. The van der Waals surface area contributed by atoms with Gasteiger partial charge in [-0.25, -0.2) is 13.6 Å². The van der Waals surface area contributed by atoms with Gasteiger partial charge in [-0.05, 0) is 25.5 Å². The number of hydrogen-bond acceptors (Lipinski definition) is 4. The molecule has 1 aromatic carbocycles. The van der Waals surface area contributed by atoms with Crippen LogP contribution < -0.4 is 15.2 Å². The monoisotopic (exact) mass is 354 g/mol. The normalized spacial score (nSPS) is 12.8. The number of primary sulfonamides is 1. The summed E-state index contributed by atoms with van der Waals surface area (Å²) in [5.41, 5.74) is 0. The summed E-state index contributed by atoms with van der Waals surface area (Å²) in [7, 11) is -3.98. The van der Waals surface area contributed by atoms with Gasteiger partial charge in [0.25, 0.3) is 5.91 Å². The number of nitrogens with one attached hydrogen (secondary N) is 1. The lowest BCUT2D eigenvalue weighted by molar-refractivity contribution is -0.127. The van der Waals surface area contributed by atoms with Crippen molar-refractivity contribution < 1.29 is 17.9 Å². The molecule has 1 aromatic rings. The minimum Gasteiger partial charge on any atom is -0.479 e. The van der Waals surface area contributed by atoms with Gasteiger partial charge in [0.15, 0.2) is 6.10 Å². The van der Waals surface area contributed by atoms with Crippen molar-refractivity contribution in [3.05, 3.63) is 22.2 Å². The Balaban J connectivity index is 2.96. The molecule has 0 spiro atoms. The molecule has 1 amide bonds. The topological polar surface area (TPSA) is 98.5 Å². The smallest absolute Gasteiger partial charge is 0.260 e. The molecule has 1 atom stereocenters. The summed E-state index contributed by atoms with van der Waals surface area (Å²) in [6.07, 6.45) is -0.000806. The van der Waals surface area contributed by atoms with E-state index in [-0.39, 0.29) is 26.6 Å². The largest absolute Gasteiger partial charge is 0.479 e. The Bertz CT molecular complexity index is 634. The van der Waals surface area contributed by atoms with Crippen LogP contribution in [0.1, 0.15) is 20.3 Å². The molecule has 0 aliphatic carbocycles. The fourth-order valence-corrected chi connectivity index (χ4v) is 2.81. The van der Waals surface area contributed by atoms with E-state index < -0.39 is 16.1 Å². The van der Waals surface area contributed by atoms with Crippen LogP contribution in [0.25, 0.3) is 0 Å². The maximum absolute atomic E-state index is 11.7. The first kappa shape index (κ1) is 18.0. The molecule has 0 aliphatic rings. The van der Waals surface area contributed by atoms with Crippen LogP contribution in [0.2, 0.25) is 10.0 Å². The van der Waals surface area contributed by atoms with Gasteiger partial charge >= 0.3 is 0 Å². The fraction of sp³-hybridized carbons (Fsp3) is 0.417. The standard InChI is InChI=1S/C12H16Cl2N2O4S/c1-3-6-16-12(17)7(2)20-8-4-5-9(21(15,18)19)11(14)10(8)13/h4-5,7H,3,6H2,1-2H3,(H,16,17)(H2,15,18,19). The number of halogens is 2. The summed E-state index contributed by atoms with van der Waals surface area (Å²) >= 11 is 11.8. The van der Waals surface area contributed by atoms with Crippen molar-refractivity contribution >= 4 is 39.1 Å². The summed E-state index contributed by atoms with van der Waals surface area (Å²) in [4.78, 5) is 11.4. The molecule has 3 N–H and O–H groups in total. The number of carbonyl (C=O) groups excluding carboxylic acids is 1. The Hall–Kier alpha value is -1.02. The number of hydrogen-bond donors (Lipinski definition) is 2. The highest BCUT2D eigenvalue weighted by Gasteiger charge is 2.21. The highest BCUT2D eigenvalue weighted by atomic mass is 35.5. The molecule has 0 bridgehead atoms. The average molecular weight is 355 g/mol. The van der Waals surface area contributed by atoms with Crippen molar-refractivity contribution in [2.45, 2.75) is 31.3 Å². The van der Waals surface area contributed by atoms with Crippen LogP contribution in [-0.4, -0.2) is 27.0 Å². The van der Waals surface area contributed by atoms with Gasteiger partial charge < -0.3 is 10.1 Å². The minimum atomic E-state index is -3.98. The zero-order chi connectivity index (χ0) is 16.2. The first-order valence-electron chi connectivity index (χ1n) is 6.13. The fourth-order valence-electron chi connectivity index (χ4n) is 1.46. The molecular formula is C12H16Cl2N2O4S. The highest BCUT2D eigenvalue weighted by molar-refractivity contribution is 7.89. The van der Waals surface area contributed by atoms with Crippen molar-refractivity contribution in [3.8, 4) is 5.75 Å². The molecule has 6 nitrogen and oxygen atoms in total. The number of rotatable bonds is 6. The molecule has 0 radical (unpaired) electrons. The predicted molar refractivity (Wildman–Crippen MR) is 81.2 cm³/mol. The second kappa shape index (κ2) is 7.31. The van der Waals surface area contributed by atoms with Gasteiger partial charge in [0.05, 0.1) is 5.02 Å². The summed E-state index contributed by atoms with van der Waals surface area (Å²) in [5.74, 6) is -0.201. The number of sulfonamides is 1. The number of benzene rings is 1. The maximum Gasteiger partial charge on any atom is 0.260 e. The van der Waals surface area contributed by atoms with Gasteiger partial charge in [-0.3, -0.25) is 4.79 Å². The Kier molecular flexibility index (Phi) is 6.27.